The zero-order valence-electron chi connectivity index (χ0n) is 14.8. The molecule has 0 unspecified atom stereocenters. The maximum Gasteiger partial charge on any atom is 0.258 e. The first-order chi connectivity index (χ1) is 13.2. The van der Waals surface area contributed by atoms with Gasteiger partial charge in [-0.05, 0) is 23.8 Å². The highest BCUT2D eigenvalue weighted by atomic mass is 16.5. The van der Waals surface area contributed by atoms with Crippen LogP contribution < -0.4 is 15.0 Å². The van der Waals surface area contributed by atoms with Gasteiger partial charge in [0, 0.05) is 31.1 Å². The van der Waals surface area contributed by atoms with Gasteiger partial charge in [-0.1, -0.05) is 6.07 Å². The fourth-order valence-corrected chi connectivity index (χ4v) is 2.85. The van der Waals surface area contributed by atoms with Crippen LogP contribution in [0.15, 0.2) is 53.7 Å². The molecule has 0 radical (unpaired) electrons. The van der Waals surface area contributed by atoms with Crippen molar-refractivity contribution in [3.63, 3.8) is 0 Å². The molecule has 27 heavy (non-hydrogen) atoms. The molecule has 0 saturated carbocycles. The lowest BCUT2D eigenvalue weighted by Crippen LogP contribution is -2.13. The fraction of sp³-hybridized carbons (Fsp3) is 0.158. The van der Waals surface area contributed by atoms with Crippen molar-refractivity contribution in [2.75, 3.05) is 14.2 Å². The van der Waals surface area contributed by atoms with Gasteiger partial charge in [0.25, 0.3) is 5.56 Å². The van der Waals surface area contributed by atoms with Crippen molar-refractivity contribution in [2.45, 2.75) is 6.42 Å². The van der Waals surface area contributed by atoms with Gasteiger partial charge in [0.1, 0.15) is 5.82 Å². The largest absolute Gasteiger partial charge is 0.493 e. The summed E-state index contributed by atoms with van der Waals surface area (Å²) < 4.78 is 12.2. The third kappa shape index (κ3) is 3.24. The molecule has 0 atom stereocenters. The first-order valence-electron chi connectivity index (χ1n) is 8.28. The number of H-pyrrole nitrogens is 1. The molecule has 136 valence electrons. The van der Waals surface area contributed by atoms with Crippen molar-refractivity contribution in [1.29, 1.82) is 0 Å². The number of nitrogens with zero attached hydrogens (tertiary/aromatic N) is 4. The SMILES string of the molecule is COc1cc2nc(Cc3ccc(-n4cccn4)nc3)[nH]c(=O)c2cc1OC. The average Bonchev–Trinajstić information content (AvgIpc) is 3.22. The topological polar surface area (TPSA) is 94.9 Å². The Labute approximate surface area is 154 Å². The third-order valence-corrected chi connectivity index (χ3v) is 4.18. The van der Waals surface area contributed by atoms with Gasteiger partial charge in [0.2, 0.25) is 0 Å². The van der Waals surface area contributed by atoms with E-state index in [-0.39, 0.29) is 5.56 Å². The molecular weight excluding hydrogens is 346 g/mol. The summed E-state index contributed by atoms with van der Waals surface area (Å²) in [6.45, 7) is 0. The zero-order chi connectivity index (χ0) is 18.8. The molecule has 1 aromatic carbocycles. The predicted molar refractivity (Wildman–Crippen MR) is 99.6 cm³/mol. The second kappa shape index (κ2) is 6.91. The zero-order valence-corrected chi connectivity index (χ0v) is 14.8. The summed E-state index contributed by atoms with van der Waals surface area (Å²) in [5, 5.41) is 4.60. The number of methoxy groups -OCH3 is 2. The highest BCUT2D eigenvalue weighted by molar-refractivity contribution is 5.81. The molecule has 8 nitrogen and oxygen atoms in total. The molecule has 0 bridgehead atoms. The van der Waals surface area contributed by atoms with Crippen LogP contribution >= 0.6 is 0 Å². The minimum atomic E-state index is -0.225. The first-order valence-corrected chi connectivity index (χ1v) is 8.28. The van der Waals surface area contributed by atoms with Gasteiger partial charge in [-0.15, -0.1) is 0 Å². The van der Waals surface area contributed by atoms with Gasteiger partial charge in [-0.25, -0.2) is 14.6 Å². The number of hydrogen-bond acceptors (Lipinski definition) is 6. The number of aromatic nitrogens is 5. The molecule has 0 fully saturated rings. The van der Waals surface area contributed by atoms with Gasteiger partial charge in [-0.3, -0.25) is 4.79 Å². The van der Waals surface area contributed by atoms with E-state index in [4.69, 9.17) is 9.47 Å². The van der Waals surface area contributed by atoms with Crippen molar-refractivity contribution in [3.05, 3.63) is 70.7 Å². The van der Waals surface area contributed by atoms with Crippen LogP contribution in [-0.2, 0) is 6.42 Å². The number of hydrogen-bond donors (Lipinski definition) is 1. The second-order valence-corrected chi connectivity index (χ2v) is 5.89. The van der Waals surface area contributed by atoms with E-state index in [1.165, 1.54) is 7.11 Å². The van der Waals surface area contributed by atoms with Crippen LogP contribution in [-0.4, -0.2) is 39.0 Å². The standard InChI is InChI=1S/C19H17N5O3/c1-26-15-9-13-14(10-16(15)27-2)22-17(23-19(13)25)8-12-4-5-18(20-11-12)24-7-3-6-21-24/h3-7,9-11H,8H2,1-2H3,(H,22,23,25). The van der Waals surface area contributed by atoms with Crippen molar-refractivity contribution < 1.29 is 9.47 Å². The Bertz CT molecular complexity index is 1130. The van der Waals surface area contributed by atoms with Crippen molar-refractivity contribution in [1.82, 2.24) is 24.7 Å². The van der Waals surface area contributed by atoms with Gasteiger partial charge < -0.3 is 14.5 Å². The summed E-state index contributed by atoms with van der Waals surface area (Å²) in [6.07, 6.45) is 5.72. The smallest absolute Gasteiger partial charge is 0.258 e. The first kappa shape index (κ1) is 16.8. The monoisotopic (exact) mass is 363 g/mol. The van der Waals surface area contributed by atoms with Gasteiger partial charge >= 0.3 is 0 Å². The van der Waals surface area contributed by atoms with Crippen LogP contribution in [0.25, 0.3) is 16.7 Å². The second-order valence-electron chi connectivity index (χ2n) is 5.89. The number of ether oxygens (including phenoxy) is 2. The van der Waals surface area contributed by atoms with Gasteiger partial charge in [-0.2, -0.15) is 5.10 Å². The van der Waals surface area contributed by atoms with E-state index in [0.29, 0.717) is 34.6 Å². The van der Waals surface area contributed by atoms with E-state index in [2.05, 4.69) is 20.1 Å². The summed E-state index contributed by atoms with van der Waals surface area (Å²) >= 11 is 0. The van der Waals surface area contributed by atoms with Gasteiger partial charge in [0.15, 0.2) is 17.3 Å². The predicted octanol–water partition coefficient (Wildman–Crippen LogP) is 2.11. The Balaban J connectivity index is 1.66. The normalized spacial score (nSPS) is 10.9. The lowest BCUT2D eigenvalue weighted by molar-refractivity contribution is 0.355. The van der Waals surface area contributed by atoms with Crippen molar-refractivity contribution >= 4 is 10.9 Å². The summed E-state index contributed by atoms with van der Waals surface area (Å²) in [5.41, 5.74) is 1.25. The van der Waals surface area contributed by atoms with E-state index < -0.39 is 0 Å². The molecule has 1 N–H and O–H groups in total. The highest BCUT2D eigenvalue weighted by Crippen LogP contribution is 2.30. The Hall–Kier alpha value is -3.68. The minimum Gasteiger partial charge on any atom is -0.493 e. The van der Waals surface area contributed by atoms with Crippen molar-refractivity contribution in [2.24, 2.45) is 0 Å². The van der Waals surface area contributed by atoms with E-state index in [1.807, 2.05) is 24.4 Å². The molecule has 0 aliphatic carbocycles. The number of aromatic amines is 1. The summed E-state index contributed by atoms with van der Waals surface area (Å²) in [5.74, 6) is 2.29. The summed E-state index contributed by atoms with van der Waals surface area (Å²) in [6, 6.07) is 8.97. The lowest BCUT2D eigenvalue weighted by atomic mass is 10.1. The Morgan fingerprint density at radius 3 is 2.63 bits per heavy atom. The number of nitrogens with one attached hydrogen (secondary N) is 1. The maximum absolute atomic E-state index is 12.4. The summed E-state index contributed by atoms with van der Waals surface area (Å²) in [7, 11) is 3.07. The third-order valence-electron chi connectivity index (χ3n) is 4.18. The van der Waals surface area contributed by atoms with Crippen LogP contribution in [0.4, 0.5) is 0 Å². The molecular formula is C19H17N5O3. The van der Waals surface area contributed by atoms with Crippen LogP contribution in [0.1, 0.15) is 11.4 Å². The number of rotatable bonds is 5. The molecule has 4 aromatic rings. The van der Waals surface area contributed by atoms with Gasteiger partial charge in [0.05, 0.1) is 25.1 Å². The lowest BCUT2D eigenvalue weighted by Gasteiger charge is -2.09. The Morgan fingerprint density at radius 2 is 1.96 bits per heavy atom. The van der Waals surface area contributed by atoms with Crippen LogP contribution in [0.5, 0.6) is 11.5 Å². The molecule has 3 aromatic heterocycles. The summed E-state index contributed by atoms with van der Waals surface area (Å²) in [4.78, 5) is 24.2. The van der Waals surface area contributed by atoms with E-state index in [9.17, 15) is 4.79 Å². The molecule has 0 aliphatic heterocycles. The Morgan fingerprint density at radius 1 is 1.15 bits per heavy atom. The molecule has 0 saturated heterocycles. The van der Waals surface area contributed by atoms with Crippen molar-refractivity contribution in [3.8, 4) is 17.3 Å². The maximum atomic E-state index is 12.4. The Kier molecular flexibility index (Phi) is 4.29. The average molecular weight is 363 g/mol. The van der Waals surface area contributed by atoms with E-state index in [1.54, 1.807) is 36.3 Å². The van der Waals surface area contributed by atoms with Crippen LogP contribution in [0.2, 0.25) is 0 Å². The molecule has 3 heterocycles. The minimum absolute atomic E-state index is 0.225. The number of fused-ring (bicyclic) bond motifs is 1. The highest BCUT2D eigenvalue weighted by Gasteiger charge is 2.11. The quantitative estimate of drug-likeness (QED) is 0.584. The van der Waals surface area contributed by atoms with E-state index in [0.717, 1.165) is 11.4 Å². The van der Waals surface area contributed by atoms with E-state index >= 15 is 0 Å². The fourth-order valence-electron chi connectivity index (χ4n) is 2.85. The molecule has 0 amide bonds. The number of pyridine rings is 1. The molecule has 0 spiro atoms. The van der Waals surface area contributed by atoms with Crippen LogP contribution in [0, 0.1) is 0 Å². The molecule has 8 heteroatoms. The number of benzene rings is 1. The molecule has 4 rings (SSSR count). The van der Waals surface area contributed by atoms with Crippen LogP contribution in [0.3, 0.4) is 0 Å². The molecule has 0 aliphatic rings.